The molecule has 2 bridgehead atoms. The van der Waals surface area contributed by atoms with E-state index in [9.17, 15) is 4.57 Å². The number of methoxy groups -OCH3 is 1. The minimum Gasteiger partial charge on any atom is -0.494 e. The normalized spacial score (nSPS) is 17.8. The van der Waals surface area contributed by atoms with Gasteiger partial charge in [-0.1, -0.05) is 0 Å². The summed E-state index contributed by atoms with van der Waals surface area (Å²) in [6.07, 6.45) is 11.6. The van der Waals surface area contributed by atoms with Crippen LogP contribution in [0.5, 0.6) is 5.75 Å². The predicted molar refractivity (Wildman–Crippen MR) is 184 cm³/mol. The number of nitrogens with one attached hydrogen (secondary N) is 3. The molecule has 240 valence electrons. The number of aromatic amines is 1. The molecule has 2 aliphatic rings. The highest BCUT2D eigenvalue weighted by Crippen LogP contribution is 2.43. The van der Waals surface area contributed by atoms with Gasteiger partial charge in [-0.2, -0.15) is 15.1 Å². The molecular weight excluding hydrogens is 615 g/mol. The van der Waals surface area contributed by atoms with E-state index in [0.717, 1.165) is 48.1 Å². The number of morpholine rings is 1. The molecule has 2 saturated heterocycles. The molecule has 6 aromatic rings. The highest BCUT2D eigenvalue weighted by Gasteiger charge is 2.35. The summed E-state index contributed by atoms with van der Waals surface area (Å²) in [5, 5.41) is 12.7. The van der Waals surface area contributed by atoms with Crippen LogP contribution in [0.25, 0.3) is 33.2 Å². The quantitative estimate of drug-likeness (QED) is 0.182. The van der Waals surface area contributed by atoms with Crippen LogP contribution in [0.15, 0.2) is 61.3 Å². The second kappa shape index (κ2) is 11.4. The first-order valence-corrected chi connectivity index (χ1v) is 18.1. The van der Waals surface area contributed by atoms with E-state index >= 15 is 0 Å². The Labute approximate surface area is 271 Å². The maximum absolute atomic E-state index is 13.6. The summed E-state index contributed by atoms with van der Waals surface area (Å²) in [6.45, 7) is 5.12. The van der Waals surface area contributed by atoms with Crippen LogP contribution >= 0.6 is 7.14 Å². The average Bonchev–Trinajstić information content (AvgIpc) is 3.79. The van der Waals surface area contributed by atoms with Gasteiger partial charge in [0.15, 0.2) is 0 Å². The summed E-state index contributed by atoms with van der Waals surface area (Å²) < 4.78 is 27.5. The van der Waals surface area contributed by atoms with Gasteiger partial charge in [0.25, 0.3) is 0 Å². The monoisotopic (exact) mass is 650 g/mol. The van der Waals surface area contributed by atoms with Crippen molar-refractivity contribution in [1.29, 1.82) is 0 Å². The number of aromatic nitrogens is 7. The first-order chi connectivity index (χ1) is 22.7. The zero-order chi connectivity index (χ0) is 32.3. The molecule has 0 amide bonds. The summed E-state index contributed by atoms with van der Waals surface area (Å²) in [6, 6.07) is 9.79. The Hall–Kier alpha value is -5.00. The first-order valence-electron chi connectivity index (χ1n) is 15.5. The lowest BCUT2D eigenvalue weighted by Gasteiger charge is -2.35. The van der Waals surface area contributed by atoms with Crippen LogP contribution in [0, 0.1) is 0 Å². The van der Waals surface area contributed by atoms with E-state index in [1.54, 1.807) is 37.5 Å². The highest BCUT2D eigenvalue weighted by molar-refractivity contribution is 7.71. The number of anilines is 5. The fourth-order valence-electron chi connectivity index (χ4n) is 6.71. The molecule has 6 heterocycles. The summed E-state index contributed by atoms with van der Waals surface area (Å²) in [7, 11) is 0.797. The Balaban J connectivity index is 1.21. The molecule has 2 fully saturated rings. The van der Waals surface area contributed by atoms with Gasteiger partial charge in [-0.3, -0.25) is 14.6 Å². The molecule has 0 spiro atoms. The smallest absolute Gasteiger partial charge is 0.231 e. The van der Waals surface area contributed by atoms with Gasteiger partial charge in [-0.05, 0) is 50.4 Å². The lowest BCUT2D eigenvalue weighted by atomic mass is 10.0. The standard InChI is InChI=1S/C33H35N10O3P/c1-42-16-19(15-37-42)23-13-26(28(45-2)14-27(23)43-17-20-5-6-21(18-43)46-20)39-33-40-31-22(9-10-36-31)32(41-33)38-25-8-7-24-29(35-12-11-34-24)30(25)47(3,4)44/h7-16,20-21H,5-6,17-18H2,1-4H3,(H3,36,38,39,40,41)/t20-,21+. The third kappa shape index (κ3) is 5.45. The van der Waals surface area contributed by atoms with Crippen LogP contribution in [0.3, 0.4) is 0 Å². The van der Waals surface area contributed by atoms with E-state index < -0.39 is 7.14 Å². The molecule has 0 unspecified atom stereocenters. The SMILES string of the molecule is COc1cc(N2C[C@H]3CC[C@@H](C2)O3)c(-c2cnn(C)c2)cc1Nc1nc(Nc2ccc3nccnc3c2P(C)(C)=O)c2cc[nH]c2n1. The largest absolute Gasteiger partial charge is 0.494 e. The van der Waals surface area contributed by atoms with Crippen molar-refractivity contribution < 1.29 is 14.0 Å². The second-order valence-electron chi connectivity index (χ2n) is 12.5. The van der Waals surface area contributed by atoms with Crippen LogP contribution < -0.4 is 25.6 Å². The van der Waals surface area contributed by atoms with Gasteiger partial charge < -0.3 is 34.6 Å². The van der Waals surface area contributed by atoms with Crippen LogP contribution in [-0.4, -0.2) is 80.4 Å². The first kappa shape index (κ1) is 29.4. The minimum atomic E-state index is -2.78. The highest BCUT2D eigenvalue weighted by atomic mass is 31.2. The number of ether oxygens (including phenoxy) is 2. The van der Waals surface area contributed by atoms with Crippen molar-refractivity contribution in [2.75, 3.05) is 49.1 Å². The molecular formula is C33H35N10O3P. The zero-order valence-electron chi connectivity index (χ0n) is 26.6. The predicted octanol–water partition coefficient (Wildman–Crippen LogP) is 5.41. The number of fused-ring (bicyclic) bond motifs is 4. The van der Waals surface area contributed by atoms with Crippen molar-refractivity contribution in [3.05, 3.63) is 61.3 Å². The van der Waals surface area contributed by atoms with Gasteiger partial charge in [0.1, 0.15) is 29.9 Å². The van der Waals surface area contributed by atoms with Gasteiger partial charge >= 0.3 is 0 Å². The molecule has 2 atom stereocenters. The van der Waals surface area contributed by atoms with Crippen LogP contribution in [0.1, 0.15) is 12.8 Å². The molecule has 14 heteroatoms. The van der Waals surface area contributed by atoms with Gasteiger partial charge in [0, 0.05) is 67.8 Å². The number of hydrogen-bond donors (Lipinski definition) is 3. The maximum atomic E-state index is 13.6. The van der Waals surface area contributed by atoms with E-state index in [4.69, 9.17) is 19.4 Å². The van der Waals surface area contributed by atoms with E-state index in [2.05, 4.69) is 47.7 Å². The fourth-order valence-corrected chi connectivity index (χ4v) is 8.10. The van der Waals surface area contributed by atoms with Crippen molar-refractivity contribution in [1.82, 2.24) is 34.7 Å². The third-order valence-electron chi connectivity index (χ3n) is 8.79. The number of benzene rings is 2. The van der Waals surface area contributed by atoms with Gasteiger partial charge in [-0.25, -0.2) is 0 Å². The number of aryl methyl sites for hydroxylation is 1. The van der Waals surface area contributed by atoms with Gasteiger partial charge in [0.05, 0.1) is 53.1 Å². The molecule has 0 saturated carbocycles. The zero-order valence-corrected chi connectivity index (χ0v) is 27.5. The third-order valence-corrected chi connectivity index (χ3v) is 10.3. The number of H-pyrrole nitrogens is 1. The number of nitrogens with zero attached hydrogens (tertiary/aromatic N) is 7. The fraction of sp³-hybridized carbons (Fsp3) is 0.303. The second-order valence-corrected chi connectivity index (χ2v) is 15.6. The molecule has 47 heavy (non-hydrogen) atoms. The number of hydrogen-bond acceptors (Lipinski definition) is 11. The Bertz CT molecular complexity index is 2180. The summed E-state index contributed by atoms with van der Waals surface area (Å²) in [4.78, 5) is 24.3. The van der Waals surface area contributed by atoms with Crippen LogP contribution in [0.2, 0.25) is 0 Å². The maximum Gasteiger partial charge on any atom is 0.231 e. The Morgan fingerprint density at radius 1 is 1.02 bits per heavy atom. The molecule has 4 aromatic heterocycles. The molecule has 2 aliphatic heterocycles. The lowest BCUT2D eigenvalue weighted by Crippen LogP contribution is -2.42. The Morgan fingerprint density at radius 3 is 2.57 bits per heavy atom. The van der Waals surface area contributed by atoms with Gasteiger partial charge in [0.2, 0.25) is 5.95 Å². The number of rotatable bonds is 8. The van der Waals surface area contributed by atoms with E-state index in [0.29, 0.717) is 50.9 Å². The van der Waals surface area contributed by atoms with Crippen molar-refractivity contribution >= 4 is 63.3 Å². The molecule has 0 radical (unpaired) electrons. The molecule has 2 aromatic carbocycles. The summed E-state index contributed by atoms with van der Waals surface area (Å²) in [5.41, 5.74) is 6.35. The lowest BCUT2D eigenvalue weighted by molar-refractivity contribution is 0.0305. The molecule has 13 nitrogen and oxygen atoms in total. The van der Waals surface area contributed by atoms with E-state index in [1.807, 2.05) is 43.8 Å². The van der Waals surface area contributed by atoms with Crippen molar-refractivity contribution in [3.8, 4) is 16.9 Å². The van der Waals surface area contributed by atoms with E-state index in [1.165, 1.54) is 0 Å². The topological polar surface area (TPSA) is 148 Å². The average molecular weight is 651 g/mol. The van der Waals surface area contributed by atoms with Crippen molar-refractivity contribution in [3.63, 3.8) is 0 Å². The van der Waals surface area contributed by atoms with Gasteiger partial charge in [-0.15, -0.1) is 0 Å². The summed E-state index contributed by atoms with van der Waals surface area (Å²) in [5.74, 6) is 1.56. The minimum absolute atomic E-state index is 0.232. The summed E-state index contributed by atoms with van der Waals surface area (Å²) >= 11 is 0. The molecule has 3 N–H and O–H groups in total. The van der Waals surface area contributed by atoms with Crippen molar-refractivity contribution in [2.45, 2.75) is 25.0 Å². The molecule has 0 aliphatic carbocycles. The van der Waals surface area contributed by atoms with Crippen molar-refractivity contribution in [2.24, 2.45) is 7.05 Å². The Morgan fingerprint density at radius 2 is 1.83 bits per heavy atom. The molecule has 8 rings (SSSR count). The van der Waals surface area contributed by atoms with E-state index in [-0.39, 0.29) is 12.2 Å². The van der Waals surface area contributed by atoms with Crippen LogP contribution in [0.4, 0.5) is 28.8 Å². The Kier molecular flexibility index (Phi) is 7.11. The van der Waals surface area contributed by atoms with Crippen LogP contribution in [-0.2, 0) is 16.3 Å².